The molecule has 1 aromatic carbocycles. The molecule has 2 aromatic heterocycles. The van der Waals surface area contributed by atoms with E-state index < -0.39 is 0 Å². The van der Waals surface area contributed by atoms with Crippen molar-refractivity contribution in [3.8, 4) is 11.3 Å². The zero-order valence-electron chi connectivity index (χ0n) is 13.8. The zero-order chi connectivity index (χ0) is 16.7. The van der Waals surface area contributed by atoms with Crippen molar-refractivity contribution in [2.24, 2.45) is 0 Å². The van der Waals surface area contributed by atoms with Gasteiger partial charge in [0.25, 0.3) is 5.78 Å². The van der Waals surface area contributed by atoms with Crippen LogP contribution < -0.4 is 4.90 Å². The molecule has 0 radical (unpaired) electrons. The maximum absolute atomic E-state index is 6.06. The van der Waals surface area contributed by atoms with Crippen LogP contribution in [0.5, 0.6) is 0 Å². The molecule has 0 amide bonds. The van der Waals surface area contributed by atoms with Gasteiger partial charge in [-0.25, -0.2) is 4.98 Å². The average Bonchev–Trinajstić information content (AvgIpc) is 3.31. The highest BCUT2D eigenvalue weighted by atomic mass is 16.6. The lowest BCUT2D eigenvalue weighted by atomic mass is 10.0. The highest BCUT2D eigenvalue weighted by molar-refractivity contribution is 5.65. The van der Waals surface area contributed by atoms with Crippen LogP contribution in [-0.2, 0) is 9.47 Å². The number of aromatic nitrogens is 4. The van der Waals surface area contributed by atoms with Gasteiger partial charge in [0.05, 0.1) is 25.5 Å². The molecule has 5 rings (SSSR count). The van der Waals surface area contributed by atoms with Crippen LogP contribution in [0.3, 0.4) is 0 Å². The van der Waals surface area contributed by atoms with Crippen molar-refractivity contribution in [3.05, 3.63) is 42.7 Å². The minimum atomic E-state index is -0.207. The third-order valence-electron chi connectivity index (χ3n) is 4.94. The van der Waals surface area contributed by atoms with Crippen molar-refractivity contribution in [1.29, 1.82) is 0 Å². The Bertz CT molecular complexity index is 889. The number of nitrogens with zero attached hydrogens (tertiary/aromatic N) is 5. The van der Waals surface area contributed by atoms with Crippen LogP contribution >= 0.6 is 0 Å². The number of anilines is 1. The van der Waals surface area contributed by atoms with Gasteiger partial charge >= 0.3 is 0 Å². The Hall–Kier alpha value is -2.51. The molecule has 7 nitrogen and oxygen atoms in total. The molecule has 0 aliphatic carbocycles. The first-order chi connectivity index (χ1) is 12.3. The second-order valence-electron chi connectivity index (χ2n) is 6.59. The SMILES string of the molecule is c1ccc(-c2cc(N3CCOC4(CCOC4)C3)n3ncnc3n2)cc1. The van der Waals surface area contributed by atoms with Gasteiger partial charge in [-0.05, 0) is 0 Å². The first-order valence-electron chi connectivity index (χ1n) is 8.56. The molecule has 128 valence electrons. The van der Waals surface area contributed by atoms with Crippen molar-refractivity contribution in [2.45, 2.75) is 12.0 Å². The summed E-state index contributed by atoms with van der Waals surface area (Å²) in [5.41, 5.74) is 1.77. The third kappa shape index (κ3) is 2.56. The van der Waals surface area contributed by atoms with E-state index in [0.29, 0.717) is 19.0 Å². The highest BCUT2D eigenvalue weighted by Crippen LogP contribution is 2.31. The summed E-state index contributed by atoms with van der Waals surface area (Å²) in [7, 11) is 0. The summed E-state index contributed by atoms with van der Waals surface area (Å²) in [5.74, 6) is 1.61. The molecule has 1 atom stereocenters. The van der Waals surface area contributed by atoms with E-state index >= 15 is 0 Å². The van der Waals surface area contributed by atoms with E-state index in [0.717, 1.165) is 43.2 Å². The molecule has 7 heteroatoms. The summed E-state index contributed by atoms with van der Waals surface area (Å²) >= 11 is 0. The standard InChI is InChI=1S/C18H19N5O2/c1-2-4-14(5-3-1)15-10-16(23-17(21-15)19-13-20-23)22-7-9-25-18(11-22)6-8-24-12-18/h1-5,10,13H,6-9,11-12H2. The molecule has 2 saturated heterocycles. The number of morpholine rings is 1. The van der Waals surface area contributed by atoms with Gasteiger partial charge in [-0.1, -0.05) is 30.3 Å². The summed E-state index contributed by atoms with van der Waals surface area (Å²) in [4.78, 5) is 11.3. The predicted octanol–water partition coefficient (Wildman–Crippen LogP) is 1.79. The quantitative estimate of drug-likeness (QED) is 0.710. The van der Waals surface area contributed by atoms with Gasteiger partial charge < -0.3 is 14.4 Å². The smallest absolute Gasteiger partial charge is 0.254 e. The highest BCUT2D eigenvalue weighted by Gasteiger charge is 2.41. The summed E-state index contributed by atoms with van der Waals surface area (Å²) in [6, 6.07) is 12.3. The van der Waals surface area contributed by atoms with E-state index in [1.54, 1.807) is 10.8 Å². The fraction of sp³-hybridized carbons (Fsp3) is 0.389. The predicted molar refractivity (Wildman–Crippen MR) is 92.6 cm³/mol. The van der Waals surface area contributed by atoms with E-state index in [-0.39, 0.29) is 5.60 Å². The monoisotopic (exact) mass is 337 g/mol. The topological polar surface area (TPSA) is 64.8 Å². The molecule has 3 aromatic rings. The largest absolute Gasteiger partial charge is 0.378 e. The zero-order valence-corrected chi connectivity index (χ0v) is 13.8. The first kappa shape index (κ1) is 14.8. The van der Waals surface area contributed by atoms with Crippen molar-refractivity contribution in [1.82, 2.24) is 19.6 Å². The van der Waals surface area contributed by atoms with Gasteiger partial charge in [-0.15, -0.1) is 0 Å². The molecule has 2 aliphatic heterocycles. The van der Waals surface area contributed by atoms with Crippen LogP contribution in [0, 0.1) is 0 Å². The Morgan fingerprint density at radius 2 is 2.04 bits per heavy atom. The Morgan fingerprint density at radius 3 is 2.88 bits per heavy atom. The van der Waals surface area contributed by atoms with Crippen LogP contribution in [0.2, 0.25) is 0 Å². The second kappa shape index (κ2) is 5.79. The Labute approximate surface area is 145 Å². The number of ether oxygens (including phenoxy) is 2. The van der Waals surface area contributed by atoms with Gasteiger partial charge in [0.1, 0.15) is 17.7 Å². The van der Waals surface area contributed by atoms with Gasteiger partial charge in [-0.3, -0.25) is 0 Å². The van der Waals surface area contributed by atoms with E-state index in [1.807, 2.05) is 18.2 Å². The van der Waals surface area contributed by atoms with E-state index in [1.165, 1.54) is 0 Å². The van der Waals surface area contributed by atoms with Gasteiger partial charge in [0.2, 0.25) is 0 Å². The Balaban J connectivity index is 1.59. The van der Waals surface area contributed by atoms with Crippen LogP contribution in [0.4, 0.5) is 5.82 Å². The van der Waals surface area contributed by atoms with Gasteiger partial charge in [0, 0.05) is 31.2 Å². The molecule has 4 heterocycles. The number of benzene rings is 1. The molecular formula is C18H19N5O2. The molecule has 0 saturated carbocycles. The number of rotatable bonds is 2. The molecule has 1 unspecified atom stereocenters. The summed E-state index contributed by atoms with van der Waals surface area (Å²) < 4.78 is 13.5. The van der Waals surface area contributed by atoms with E-state index in [9.17, 15) is 0 Å². The summed E-state index contributed by atoms with van der Waals surface area (Å²) in [6.07, 6.45) is 2.48. The lowest BCUT2D eigenvalue weighted by Gasteiger charge is -2.40. The van der Waals surface area contributed by atoms with Crippen molar-refractivity contribution >= 4 is 11.6 Å². The van der Waals surface area contributed by atoms with Crippen molar-refractivity contribution in [2.75, 3.05) is 37.8 Å². The summed E-state index contributed by atoms with van der Waals surface area (Å²) in [6.45, 7) is 3.70. The maximum Gasteiger partial charge on any atom is 0.254 e. The minimum absolute atomic E-state index is 0.207. The van der Waals surface area contributed by atoms with E-state index in [4.69, 9.17) is 9.47 Å². The van der Waals surface area contributed by atoms with Crippen LogP contribution in [-0.4, -0.2) is 58.1 Å². The molecule has 25 heavy (non-hydrogen) atoms. The van der Waals surface area contributed by atoms with E-state index in [2.05, 4.69) is 38.2 Å². The average molecular weight is 337 g/mol. The van der Waals surface area contributed by atoms with Crippen LogP contribution in [0.15, 0.2) is 42.7 Å². The molecular weight excluding hydrogens is 318 g/mol. The third-order valence-corrected chi connectivity index (χ3v) is 4.94. The molecule has 0 bridgehead atoms. The fourth-order valence-corrected chi connectivity index (χ4v) is 3.65. The van der Waals surface area contributed by atoms with Gasteiger partial charge in [0.15, 0.2) is 0 Å². The fourth-order valence-electron chi connectivity index (χ4n) is 3.65. The number of hydrogen-bond acceptors (Lipinski definition) is 6. The number of hydrogen-bond donors (Lipinski definition) is 0. The molecule has 0 N–H and O–H groups in total. The van der Waals surface area contributed by atoms with Crippen molar-refractivity contribution in [3.63, 3.8) is 0 Å². The molecule has 1 spiro atoms. The first-order valence-corrected chi connectivity index (χ1v) is 8.56. The Morgan fingerprint density at radius 1 is 1.12 bits per heavy atom. The Kier molecular flexibility index (Phi) is 3.43. The summed E-state index contributed by atoms with van der Waals surface area (Å²) in [5, 5.41) is 4.37. The lowest BCUT2D eigenvalue weighted by Crippen LogP contribution is -2.53. The van der Waals surface area contributed by atoms with Crippen molar-refractivity contribution < 1.29 is 9.47 Å². The van der Waals surface area contributed by atoms with Crippen LogP contribution in [0.1, 0.15) is 6.42 Å². The van der Waals surface area contributed by atoms with Crippen LogP contribution in [0.25, 0.3) is 17.0 Å². The maximum atomic E-state index is 6.06. The molecule has 2 fully saturated rings. The van der Waals surface area contributed by atoms with Gasteiger partial charge in [-0.2, -0.15) is 14.6 Å². The number of fused-ring (bicyclic) bond motifs is 1. The lowest BCUT2D eigenvalue weighted by molar-refractivity contribution is -0.0582. The normalized spacial score (nSPS) is 23.6. The second-order valence-corrected chi connectivity index (χ2v) is 6.59. The minimum Gasteiger partial charge on any atom is -0.378 e. The molecule has 2 aliphatic rings.